The first-order chi connectivity index (χ1) is 9.27. The van der Waals surface area contributed by atoms with E-state index in [1.807, 2.05) is 6.92 Å². The second-order valence-corrected chi connectivity index (χ2v) is 6.41. The van der Waals surface area contributed by atoms with E-state index in [9.17, 15) is 13.2 Å². The molecule has 0 spiro atoms. The molecule has 0 saturated carbocycles. The van der Waals surface area contributed by atoms with Gasteiger partial charge in [-0.3, -0.25) is 0 Å². The zero-order chi connectivity index (χ0) is 15.3. The Morgan fingerprint density at radius 1 is 1.45 bits per heavy atom. The van der Waals surface area contributed by atoms with Gasteiger partial charge in [-0.1, -0.05) is 19.8 Å². The molecule has 0 amide bonds. The Hall–Kier alpha value is -1.60. The highest BCUT2D eigenvalue weighted by molar-refractivity contribution is 7.89. The maximum Gasteiger partial charge on any atom is 0.337 e. The lowest BCUT2D eigenvalue weighted by molar-refractivity contribution is 0.0692. The van der Waals surface area contributed by atoms with E-state index in [0.717, 1.165) is 18.9 Å². The smallest absolute Gasteiger partial charge is 0.337 e. The number of hydrogen-bond donors (Lipinski definition) is 3. The first-order valence-electron chi connectivity index (χ1n) is 6.43. The SMILES string of the molecule is CCCCC(C)NS(=O)(=O)c1ccc(N)cc1C(=O)O. The van der Waals surface area contributed by atoms with E-state index >= 15 is 0 Å². The molecule has 1 atom stereocenters. The van der Waals surface area contributed by atoms with Crippen molar-refractivity contribution >= 4 is 21.7 Å². The Labute approximate surface area is 119 Å². The maximum absolute atomic E-state index is 12.2. The van der Waals surface area contributed by atoms with Crippen LogP contribution in [0, 0.1) is 0 Å². The molecule has 20 heavy (non-hydrogen) atoms. The molecule has 6 nitrogen and oxygen atoms in total. The number of carbonyl (C=O) groups is 1. The highest BCUT2D eigenvalue weighted by Gasteiger charge is 2.23. The molecular formula is C13H20N2O4S. The average Bonchev–Trinajstić information content (AvgIpc) is 2.35. The number of rotatable bonds is 7. The molecule has 1 unspecified atom stereocenters. The number of carboxylic acid groups (broad SMARTS) is 1. The van der Waals surface area contributed by atoms with Crippen molar-refractivity contribution in [2.24, 2.45) is 0 Å². The van der Waals surface area contributed by atoms with Crippen molar-refractivity contribution in [3.05, 3.63) is 23.8 Å². The molecule has 0 saturated heterocycles. The largest absolute Gasteiger partial charge is 0.478 e. The van der Waals surface area contributed by atoms with Gasteiger partial charge in [-0.2, -0.15) is 0 Å². The fourth-order valence-electron chi connectivity index (χ4n) is 1.85. The predicted molar refractivity (Wildman–Crippen MR) is 77.1 cm³/mol. The van der Waals surface area contributed by atoms with Crippen LogP contribution in [0.5, 0.6) is 0 Å². The van der Waals surface area contributed by atoms with Crippen LogP contribution >= 0.6 is 0 Å². The Morgan fingerprint density at radius 3 is 2.65 bits per heavy atom. The van der Waals surface area contributed by atoms with Crippen molar-refractivity contribution in [2.45, 2.75) is 44.0 Å². The molecule has 1 aromatic rings. The molecule has 0 aliphatic heterocycles. The Kier molecular flexibility index (Phi) is 5.52. The Bertz CT molecular complexity index is 584. The quantitative estimate of drug-likeness (QED) is 0.665. The molecule has 0 radical (unpaired) electrons. The molecule has 0 heterocycles. The average molecular weight is 300 g/mol. The summed E-state index contributed by atoms with van der Waals surface area (Å²) >= 11 is 0. The van der Waals surface area contributed by atoms with E-state index in [4.69, 9.17) is 10.8 Å². The van der Waals surface area contributed by atoms with Crippen molar-refractivity contribution in [2.75, 3.05) is 5.73 Å². The monoisotopic (exact) mass is 300 g/mol. The first-order valence-corrected chi connectivity index (χ1v) is 7.91. The molecule has 0 bridgehead atoms. The minimum Gasteiger partial charge on any atom is -0.478 e. The van der Waals surface area contributed by atoms with Crippen molar-refractivity contribution in [3.63, 3.8) is 0 Å². The molecule has 1 rings (SSSR count). The third-order valence-corrected chi connectivity index (χ3v) is 4.52. The number of unbranched alkanes of at least 4 members (excludes halogenated alkanes) is 1. The summed E-state index contributed by atoms with van der Waals surface area (Å²) in [5, 5.41) is 9.08. The summed E-state index contributed by atoms with van der Waals surface area (Å²) in [5.74, 6) is -1.32. The summed E-state index contributed by atoms with van der Waals surface area (Å²) in [6, 6.07) is 3.48. The van der Waals surface area contributed by atoms with E-state index in [1.165, 1.54) is 12.1 Å². The lowest BCUT2D eigenvalue weighted by Gasteiger charge is -2.15. The minimum atomic E-state index is -3.87. The molecule has 0 aromatic heterocycles. The number of nitrogen functional groups attached to an aromatic ring is 1. The highest BCUT2D eigenvalue weighted by atomic mass is 32.2. The van der Waals surface area contributed by atoms with Crippen LogP contribution in [0.25, 0.3) is 0 Å². The van der Waals surface area contributed by atoms with Gasteiger partial charge in [0.1, 0.15) is 0 Å². The number of benzene rings is 1. The van der Waals surface area contributed by atoms with Crippen molar-refractivity contribution in [1.82, 2.24) is 4.72 Å². The third kappa shape index (κ3) is 4.21. The zero-order valence-corrected chi connectivity index (χ0v) is 12.4. The second kappa shape index (κ2) is 6.71. The fraction of sp³-hybridized carbons (Fsp3) is 0.462. The van der Waals surface area contributed by atoms with Crippen LogP contribution in [0.1, 0.15) is 43.5 Å². The van der Waals surface area contributed by atoms with E-state index in [2.05, 4.69) is 4.72 Å². The number of hydrogen-bond acceptors (Lipinski definition) is 4. The number of sulfonamides is 1. The van der Waals surface area contributed by atoms with Crippen LogP contribution < -0.4 is 10.5 Å². The summed E-state index contributed by atoms with van der Waals surface area (Å²) in [7, 11) is -3.87. The first kappa shape index (κ1) is 16.5. The molecule has 1 aromatic carbocycles. The number of nitrogens with one attached hydrogen (secondary N) is 1. The molecular weight excluding hydrogens is 280 g/mol. The number of carboxylic acids is 1. The number of nitrogens with two attached hydrogens (primary N) is 1. The van der Waals surface area contributed by atoms with Gasteiger partial charge >= 0.3 is 5.97 Å². The van der Waals surface area contributed by atoms with Gasteiger partial charge in [-0.05, 0) is 31.5 Å². The summed E-state index contributed by atoms with van der Waals surface area (Å²) in [5.41, 5.74) is 5.39. The van der Waals surface area contributed by atoms with Crippen LogP contribution in [0.2, 0.25) is 0 Å². The molecule has 112 valence electrons. The second-order valence-electron chi connectivity index (χ2n) is 4.73. The summed E-state index contributed by atoms with van der Waals surface area (Å²) in [6.07, 6.45) is 2.57. The standard InChI is InChI=1S/C13H20N2O4S/c1-3-4-5-9(2)15-20(18,19)12-7-6-10(14)8-11(12)13(16)17/h6-9,15H,3-5,14H2,1-2H3,(H,16,17). The highest BCUT2D eigenvalue weighted by Crippen LogP contribution is 2.19. The molecule has 0 aliphatic rings. The van der Waals surface area contributed by atoms with Gasteiger partial charge in [0.15, 0.2) is 0 Å². The van der Waals surface area contributed by atoms with Crippen molar-refractivity contribution < 1.29 is 18.3 Å². The van der Waals surface area contributed by atoms with E-state index in [1.54, 1.807) is 6.92 Å². The van der Waals surface area contributed by atoms with E-state index < -0.39 is 16.0 Å². The van der Waals surface area contributed by atoms with Gasteiger partial charge < -0.3 is 10.8 Å². The third-order valence-electron chi connectivity index (χ3n) is 2.87. The fourth-order valence-corrected chi connectivity index (χ4v) is 3.30. The van der Waals surface area contributed by atoms with Gasteiger partial charge in [0.2, 0.25) is 10.0 Å². The van der Waals surface area contributed by atoms with Crippen molar-refractivity contribution in [1.29, 1.82) is 0 Å². The summed E-state index contributed by atoms with van der Waals surface area (Å²) < 4.78 is 26.9. The predicted octanol–water partition coefficient (Wildman–Crippen LogP) is 1.82. The lowest BCUT2D eigenvalue weighted by atomic mass is 10.2. The van der Waals surface area contributed by atoms with Crippen LogP contribution in [-0.4, -0.2) is 25.5 Å². The van der Waals surface area contributed by atoms with E-state index in [-0.39, 0.29) is 22.2 Å². The molecule has 7 heteroatoms. The lowest BCUT2D eigenvalue weighted by Crippen LogP contribution is -2.33. The maximum atomic E-state index is 12.2. The number of aromatic carboxylic acids is 1. The normalized spacial score (nSPS) is 13.1. The van der Waals surface area contributed by atoms with Gasteiger partial charge in [-0.15, -0.1) is 0 Å². The van der Waals surface area contributed by atoms with Gasteiger partial charge in [0, 0.05) is 11.7 Å². The minimum absolute atomic E-state index is 0.209. The topological polar surface area (TPSA) is 109 Å². The van der Waals surface area contributed by atoms with E-state index in [0.29, 0.717) is 6.42 Å². The Balaban J connectivity index is 3.06. The zero-order valence-electron chi connectivity index (χ0n) is 11.6. The molecule has 0 fully saturated rings. The van der Waals surface area contributed by atoms with Gasteiger partial charge in [0.05, 0.1) is 10.5 Å². The Morgan fingerprint density at radius 2 is 2.10 bits per heavy atom. The summed E-state index contributed by atoms with van der Waals surface area (Å²) in [6.45, 7) is 3.77. The van der Waals surface area contributed by atoms with Gasteiger partial charge in [-0.25, -0.2) is 17.9 Å². The van der Waals surface area contributed by atoms with Crippen LogP contribution in [-0.2, 0) is 10.0 Å². The van der Waals surface area contributed by atoms with Gasteiger partial charge in [0.25, 0.3) is 0 Å². The summed E-state index contributed by atoms with van der Waals surface area (Å²) in [4.78, 5) is 10.9. The number of anilines is 1. The molecule has 4 N–H and O–H groups in total. The van der Waals surface area contributed by atoms with Crippen molar-refractivity contribution in [3.8, 4) is 0 Å². The van der Waals surface area contributed by atoms with Crippen LogP contribution in [0.15, 0.2) is 23.1 Å². The molecule has 0 aliphatic carbocycles. The van der Waals surface area contributed by atoms with Crippen LogP contribution in [0.4, 0.5) is 5.69 Å². The van der Waals surface area contributed by atoms with Crippen LogP contribution in [0.3, 0.4) is 0 Å².